The van der Waals surface area contributed by atoms with Crippen LogP contribution in [-0.2, 0) is 0 Å². The molecule has 0 N–H and O–H groups in total. The Morgan fingerprint density at radius 1 is 1.24 bits per heavy atom. The normalized spacial score (nSPS) is 10.4. The molecule has 0 heterocycles. The van der Waals surface area contributed by atoms with E-state index < -0.39 is 0 Å². The van der Waals surface area contributed by atoms with Gasteiger partial charge in [0.2, 0.25) is 0 Å². The van der Waals surface area contributed by atoms with Gasteiger partial charge in [-0.25, -0.2) is 0 Å². The van der Waals surface area contributed by atoms with Crippen LogP contribution in [0.4, 0.5) is 0 Å². The molecule has 1 aromatic carbocycles. The van der Waals surface area contributed by atoms with Gasteiger partial charge in [0.05, 0.1) is 17.2 Å². The molecule has 2 nitrogen and oxygen atoms in total. The number of halogens is 2. The van der Waals surface area contributed by atoms with Gasteiger partial charge in [-0.05, 0) is 12.5 Å². The number of unbranched alkanes of at least 4 members (excludes halogenated alkanes) is 2. The first-order chi connectivity index (χ1) is 8.10. The lowest BCUT2D eigenvalue weighted by Gasteiger charge is -2.08. The van der Waals surface area contributed by atoms with Gasteiger partial charge < -0.3 is 4.74 Å². The Balaban J connectivity index is 2.83. The monoisotopic (exact) mass is 274 g/mol. The molecule has 0 spiro atoms. The summed E-state index contributed by atoms with van der Waals surface area (Å²) in [6.07, 6.45) is 3.53. The highest BCUT2D eigenvalue weighted by molar-refractivity contribution is 6.36. The van der Waals surface area contributed by atoms with Crippen LogP contribution in [0.15, 0.2) is 12.1 Å². The number of carbonyl (C=O) groups excluding carboxylic acids is 1. The lowest BCUT2D eigenvalue weighted by atomic mass is 10.0. The minimum atomic E-state index is 0.0352. The molecule has 0 aliphatic carbocycles. The Labute approximate surface area is 112 Å². The number of hydrogen-bond acceptors (Lipinski definition) is 2. The molecular weight excluding hydrogens is 259 g/mol. The first kappa shape index (κ1) is 14.3. The number of carbonyl (C=O) groups is 1. The summed E-state index contributed by atoms with van der Waals surface area (Å²) in [5, 5.41) is 0.809. The summed E-state index contributed by atoms with van der Waals surface area (Å²) in [5.41, 5.74) is 0.480. The number of ether oxygens (including phenoxy) is 1. The molecule has 4 heteroatoms. The molecule has 0 amide bonds. The van der Waals surface area contributed by atoms with Crippen molar-refractivity contribution in [2.24, 2.45) is 0 Å². The number of hydrogen-bond donors (Lipinski definition) is 0. The molecular formula is C13H16Cl2O2. The fourth-order valence-electron chi connectivity index (χ4n) is 1.57. The van der Waals surface area contributed by atoms with Crippen molar-refractivity contribution >= 4 is 29.0 Å². The topological polar surface area (TPSA) is 26.3 Å². The quantitative estimate of drug-likeness (QED) is 0.552. The molecule has 0 aliphatic heterocycles. The molecule has 1 rings (SSSR count). The highest BCUT2D eigenvalue weighted by atomic mass is 35.5. The summed E-state index contributed by atoms with van der Waals surface area (Å²) in [6.45, 7) is 2.10. The number of ketones is 1. The van der Waals surface area contributed by atoms with E-state index in [2.05, 4.69) is 6.92 Å². The Hall–Kier alpha value is -0.730. The molecule has 94 valence electrons. The van der Waals surface area contributed by atoms with Crippen molar-refractivity contribution < 1.29 is 9.53 Å². The molecule has 0 atom stereocenters. The first-order valence-corrected chi connectivity index (χ1v) is 6.42. The van der Waals surface area contributed by atoms with Gasteiger partial charge in [0.1, 0.15) is 5.75 Å². The zero-order valence-corrected chi connectivity index (χ0v) is 11.6. The van der Waals surface area contributed by atoms with Crippen LogP contribution >= 0.6 is 23.2 Å². The third-order valence-electron chi connectivity index (χ3n) is 2.55. The van der Waals surface area contributed by atoms with Gasteiger partial charge in [0, 0.05) is 18.1 Å². The second kappa shape index (κ2) is 6.87. The maximum absolute atomic E-state index is 11.9. The van der Waals surface area contributed by atoms with Gasteiger partial charge in [0.15, 0.2) is 5.78 Å². The molecule has 0 saturated carbocycles. The summed E-state index contributed by atoms with van der Waals surface area (Å²) >= 11 is 12.0. The maximum atomic E-state index is 11.9. The Morgan fingerprint density at radius 2 is 1.94 bits per heavy atom. The molecule has 1 aromatic rings. The van der Waals surface area contributed by atoms with E-state index in [9.17, 15) is 4.79 Å². The van der Waals surface area contributed by atoms with Gasteiger partial charge >= 0.3 is 0 Å². The molecule has 17 heavy (non-hydrogen) atoms. The molecule has 0 unspecified atom stereocenters. The molecule has 0 aromatic heterocycles. The van der Waals surface area contributed by atoms with Crippen LogP contribution in [0.2, 0.25) is 10.0 Å². The van der Waals surface area contributed by atoms with E-state index in [0.29, 0.717) is 27.8 Å². The van der Waals surface area contributed by atoms with Crippen LogP contribution in [0.1, 0.15) is 43.0 Å². The highest BCUT2D eigenvalue weighted by Gasteiger charge is 2.13. The Kier molecular flexibility index (Phi) is 5.79. The van der Waals surface area contributed by atoms with Crippen molar-refractivity contribution in [3.05, 3.63) is 27.7 Å². The molecule has 0 radical (unpaired) electrons. The lowest BCUT2D eigenvalue weighted by molar-refractivity contribution is 0.0979. The number of Topliss-reactive ketones (excluding diaryl/α,β-unsaturated/α-hetero) is 1. The zero-order valence-electron chi connectivity index (χ0n) is 10.1. The third kappa shape index (κ3) is 3.90. The van der Waals surface area contributed by atoms with E-state index in [1.165, 1.54) is 7.11 Å². The molecule has 0 fully saturated rings. The van der Waals surface area contributed by atoms with Crippen molar-refractivity contribution in [3.63, 3.8) is 0 Å². The van der Waals surface area contributed by atoms with Crippen molar-refractivity contribution in [1.29, 1.82) is 0 Å². The fraction of sp³-hybridized carbons (Fsp3) is 0.462. The minimum absolute atomic E-state index is 0.0352. The van der Waals surface area contributed by atoms with E-state index in [-0.39, 0.29) is 5.78 Å². The van der Waals surface area contributed by atoms with Crippen LogP contribution in [0, 0.1) is 0 Å². The summed E-state index contributed by atoms with van der Waals surface area (Å²) in [6, 6.07) is 3.16. The molecule has 0 aliphatic rings. The number of rotatable bonds is 6. The van der Waals surface area contributed by atoms with Gasteiger partial charge in [0.25, 0.3) is 0 Å². The van der Waals surface area contributed by atoms with E-state index in [1.54, 1.807) is 12.1 Å². The zero-order chi connectivity index (χ0) is 12.8. The van der Waals surface area contributed by atoms with Crippen molar-refractivity contribution in [2.75, 3.05) is 7.11 Å². The minimum Gasteiger partial charge on any atom is -0.495 e. The van der Waals surface area contributed by atoms with Crippen molar-refractivity contribution in [3.8, 4) is 5.75 Å². The summed E-state index contributed by atoms with van der Waals surface area (Å²) in [7, 11) is 1.51. The van der Waals surface area contributed by atoms with Crippen LogP contribution < -0.4 is 4.74 Å². The van der Waals surface area contributed by atoms with Gasteiger partial charge in [-0.3, -0.25) is 4.79 Å². The SMILES string of the molecule is CCCCCC(=O)c1cc(Cl)c(OC)cc1Cl. The van der Waals surface area contributed by atoms with E-state index in [0.717, 1.165) is 19.3 Å². The predicted molar refractivity (Wildman–Crippen MR) is 71.5 cm³/mol. The van der Waals surface area contributed by atoms with Crippen LogP contribution in [0.25, 0.3) is 0 Å². The van der Waals surface area contributed by atoms with Gasteiger partial charge in [-0.1, -0.05) is 43.0 Å². The van der Waals surface area contributed by atoms with Crippen molar-refractivity contribution in [2.45, 2.75) is 32.6 Å². The molecule has 0 saturated heterocycles. The standard InChI is InChI=1S/C13H16Cl2O2/c1-3-4-5-6-12(16)9-7-11(15)13(17-2)8-10(9)14/h7-8H,3-6H2,1-2H3. The average molecular weight is 275 g/mol. The van der Waals surface area contributed by atoms with E-state index >= 15 is 0 Å². The van der Waals surface area contributed by atoms with Gasteiger partial charge in [-0.15, -0.1) is 0 Å². The lowest BCUT2D eigenvalue weighted by Crippen LogP contribution is -2.01. The van der Waals surface area contributed by atoms with Gasteiger partial charge in [-0.2, -0.15) is 0 Å². The summed E-state index contributed by atoms with van der Waals surface area (Å²) < 4.78 is 5.03. The van der Waals surface area contributed by atoms with E-state index in [4.69, 9.17) is 27.9 Å². The third-order valence-corrected chi connectivity index (χ3v) is 3.16. The average Bonchev–Trinajstić information content (AvgIpc) is 2.31. The Bertz CT molecular complexity index is 403. The van der Waals surface area contributed by atoms with Crippen LogP contribution in [0.5, 0.6) is 5.75 Å². The highest BCUT2D eigenvalue weighted by Crippen LogP contribution is 2.31. The number of methoxy groups -OCH3 is 1. The predicted octanol–water partition coefficient (Wildman–Crippen LogP) is 4.77. The van der Waals surface area contributed by atoms with Crippen molar-refractivity contribution in [1.82, 2.24) is 0 Å². The van der Waals surface area contributed by atoms with E-state index in [1.807, 2.05) is 0 Å². The van der Waals surface area contributed by atoms with Crippen LogP contribution in [-0.4, -0.2) is 12.9 Å². The molecule has 0 bridgehead atoms. The largest absolute Gasteiger partial charge is 0.495 e. The first-order valence-electron chi connectivity index (χ1n) is 5.66. The maximum Gasteiger partial charge on any atom is 0.164 e. The Morgan fingerprint density at radius 3 is 2.53 bits per heavy atom. The number of benzene rings is 1. The second-order valence-corrected chi connectivity index (χ2v) is 4.66. The van der Waals surface area contributed by atoms with Crippen LogP contribution in [0.3, 0.4) is 0 Å². The fourth-order valence-corrected chi connectivity index (χ4v) is 2.07. The smallest absolute Gasteiger partial charge is 0.164 e. The summed E-state index contributed by atoms with van der Waals surface area (Å²) in [5.74, 6) is 0.523. The second-order valence-electron chi connectivity index (χ2n) is 3.85. The summed E-state index contributed by atoms with van der Waals surface area (Å²) in [4.78, 5) is 11.9.